The molecule has 0 amide bonds. The first-order valence-electron chi connectivity index (χ1n) is 6.10. The smallest absolute Gasteiger partial charge is 0.146 e. The number of rotatable bonds is 4. The molecule has 3 N–H and O–H groups in total. The number of nitrogen functional groups attached to an aromatic ring is 1. The van der Waals surface area contributed by atoms with E-state index >= 15 is 0 Å². The molecule has 0 aliphatic rings. The molecule has 0 aliphatic heterocycles. The Morgan fingerprint density at radius 3 is 3.00 bits per heavy atom. The normalized spacial score (nSPS) is 10.8. The molecule has 0 aliphatic carbocycles. The SMILES string of the molecule is Cn1ccnc1COc1ccc2cc(C(=N)N)sc2c1. The van der Waals surface area contributed by atoms with E-state index < -0.39 is 0 Å². The fraction of sp³-hybridized carbons (Fsp3) is 0.143. The molecule has 20 heavy (non-hydrogen) atoms. The fourth-order valence-electron chi connectivity index (χ4n) is 1.92. The van der Waals surface area contributed by atoms with Crippen molar-refractivity contribution in [3.05, 3.63) is 47.4 Å². The van der Waals surface area contributed by atoms with Gasteiger partial charge in [-0.3, -0.25) is 5.41 Å². The number of ether oxygens (including phenoxy) is 1. The van der Waals surface area contributed by atoms with Crippen LogP contribution in [0.3, 0.4) is 0 Å². The van der Waals surface area contributed by atoms with Crippen molar-refractivity contribution in [1.29, 1.82) is 5.41 Å². The van der Waals surface area contributed by atoms with Gasteiger partial charge in [-0.15, -0.1) is 11.3 Å². The number of fused-ring (bicyclic) bond motifs is 1. The lowest BCUT2D eigenvalue weighted by Crippen LogP contribution is -2.08. The van der Waals surface area contributed by atoms with Crippen LogP contribution in [0.4, 0.5) is 0 Å². The number of hydrogen-bond donors (Lipinski definition) is 2. The summed E-state index contributed by atoms with van der Waals surface area (Å²) in [7, 11) is 1.94. The summed E-state index contributed by atoms with van der Waals surface area (Å²) in [6.07, 6.45) is 3.64. The van der Waals surface area contributed by atoms with Gasteiger partial charge in [0.15, 0.2) is 0 Å². The monoisotopic (exact) mass is 286 g/mol. The van der Waals surface area contributed by atoms with Crippen molar-refractivity contribution in [2.45, 2.75) is 6.61 Å². The second-order valence-corrected chi connectivity index (χ2v) is 5.55. The van der Waals surface area contributed by atoms with Gasteiger partial charge in [0.25, 0.3) is 0 Å². The molecule has 0 unspecified atom stereocenters. The molecule has 6 heteroatoms. The number of aryl methyl sites for hydroxylation is 1. The topological polar surface area (TPSA) is 76.9 Å². The molecular formula is C14H14N4OS. The lowest BCUT2D eigenvalue weighted by atomic mass is 10.2. The highest BCUT2D eigenvalue weighted by Gasteiger charge is 2.06. The zero-order chi connectivity index (χ0) is 14.1. The number of nitrogens with two attached hydrogens (primary N) is 1. The van der Waals surface area contributed by atoms with E-state index in [0.29, 0.717) is 6.61 Å². The predicted molar refractivity (Wildman–Crippen MR) is 80.4 cm³/mol. The van der Waals surface area contributed by atoms with Crippen LogP contribution in [0.2, 0.25) is 0 Å². The van der Waals surface area contributed by atoms with E-state index in [-0.39, 0.29) is 5.84 Å². The number of hydrogen-bond acceptors (Lipinski definition) is 4. The molecule has 3 rings (SSSR count). The first-order chi connectivity index (χ1) is 9.63. The van der Waals surface area contributed by atoms with Gasteiger partial charge >= 0.3 is 0 Å². The number of nitrogens with zero attached hydrogens (tertiary/aromatic N) is 2. The molecule has 0 saturated heterocycles. The molecule has 0 atom stereocenters. The molecule has 0 radical (unpaired) electrons. The van der Waals surface area contributed by atoms with Crippen LogP contribution < -0.4 is 10.5 Å². The van der Waals surface area contributed by atoms with E-state index in [1.54, 1.807) is 6.20 Å². The van der Waals surface area contributed by atoms with Gasteiger partial charge in [0.05, 0.1) is 4.88 Å². The van der Waals surface area contributed by atoms with Crippen molar-refractivity contribution in [2.24, 2.45) is 12.8 Å². The van der Waals surface area contributed by atoms with Crippen molar-refractivity contribution in [3.8, 4) is 5.75 Å². The molecule has 2 heterocycles. The molecular weight excluding hydrogens is 272 g/mol. The Balaban J connectivity index is 1.82. The standard InChI is InChI=1S/C14H14N4OS/c1-18-5-4-17-13(18)8-19-10-3-2-9-6-12(14(15)16)20-11(9)7-10/h2-7H,8H2,1H3,(H3,15,16). The van der Waals surface area contributed by atoms with Crippen molar-refractivity contribution < 1.29 is 4.74 Å². The number of imidazole rings is 1. The van der Waals surface area contributed by atoms with Crippen molar-refractivity contribution in [2.75, 3.05) is 0 Å². The molecule has 1 aromatic carbocycles. The summed E-state index contributed by atoms with van der Waals surface area (Å²) in [4.78, 5) is 5.00. The second-order valence-electron chi connectivity index (χ2n) is 4.47. The van der Waals surface area contributed by atoms with Gasteiger partial charge in [0.2, 0.25) is 0 Å². The summed E-state index contributed by atoms with van der Waals surface area (Å²) in [5.41, 5.74) is 5.51. The van der Waals surface area contributed by atoms with Crippen LogP contribution in [0.15, 0.2) is 36.7 Å². The summed E-state index contributed by atoms with van der Waals surface area (Å²) >= 11 is 1.50. The number of benzene rings is 1. The number of aromatic nitrogens is 2. The quantitative estimate of drug-likeness (QED) is 0.571. The van der Waals surface area contributed by atoms with Crippen LogP contribution in [0, 0.1) is 5.41 Å². The van der Waals surface area contributed by atoms with Crippen LogP contribution in [-0.2, 0) is 13.7 Å². The number of amidine groups is 1. The highest BCUT2D eigenvalue weighted by Crippen LogP contribution is 2.29. The summed E-state index contributed by atoms with van der Waals surface area (Å²) < 4.78 is 8.74. The summed E-state index contributed by atoms with van der Waals surface area (Å²) in [5, 5.41) is 8.54. The van der Waals surface area contributed by atoms with E-state index in [0.717, 1.165) is 26.5 Å². The molecule has 5 nitrogen and oxygen atoms in total. The first-order valence-corrected chi connectivity index (χ1v) is 6.92. The third kappa shape index (κ3) is 2.37. The lowest BCUT2D eigenvalue weighted by Gasteiger charge is -2.06. The minimum atomic E-state index is 0.0988. The molecule has 3 aromatic rings. The van der Waals surface area contributed by atoms with Gasteiger partial charge in [0, 0.05) is 24.1 Å². The minimum Gasteiger partial charge on any atom is -0.486 e. The molecule has 0 fully saturated rings. The van der Waals surface area contributed by atoms with Crippen LogP contribution in [0.25, 0.3) is 10.1 Å². The Morgan fingerprint density at radius 2 is 2.30 bits per heavy atom. The molecule has 102 valence electrons. The van der Waals surface area contributed by atoms with Gasteiger partial charge < -0.3 is 15.0 Å². The van der Waals surface area contributed by atoms with E-state index in [4.69, 9.17) is 15.9 Å². The van der Waals surface area contributed by atoms with Crippen LogP contribution >= 0.6 is 11.3 Å². The van der Waals surface area contributed by atoms with Crippen LogP contribution in [0.5, 0.6) is 5.75 Å². The zero-order valence-corrected chi connectivity index (χ0v) is 11.8. The Hall–Kier alpha value is -2.34. The van der Waals surface area contributed by atoms with E-state index in [1.807, 2.05) is 42.1 Å². The fourth-order valence-corrected chi connectivity index (χ4v) is 2.87. The molecule has 0 saturated carbocycles. The Bertz CT molecular complexity index is 774. The maximum atomic E-state index is 7.47. The Morgan fingerprint density at radius 1 is 1.45 bits per heavy atom. The third-order valence-corrected chi connectivity index (χ3v) is 4.18. The molecule has 2 aromatic heterocycles. The van der Waals surface area contributed by atoms with Crippen molar-refractivity contribution in [1.82, 2.24) is 9.55 Å². The maximum Gasteiger partial charge on any atom is 0.146 e. The third-order valence-electron chi connectivity index (χ3n) is 3.05. The molecule has 0 bridgehead atoms. The average molecular weight is 286 g/mol. The van der Waals surface area contributed by atoms with Crippen LogP contribution in [0.1, 0.15) is 10.7 Å². The second kappa shape index (κ2) is 4.97. The Labute approximate surface area is 120 Å². The van der Waals surface area contributed by atoms with E-state index in [9.17, 15) is 0 Å². The van der Waals surface area contributed by atoms with E-state index in [2.05, 4.69) is 4.98 Å². The summed E-state index contributed by atoms with van der Waals surface area (Å²) in [6, 6.07) is 7.79. The van der Waals surface area contributed by atoms with Crippen molar-refractivity contribution in [3.63, 3.8) is 0 Å². The highest BCUT2D eigenvalue weighted by molar-refractivity contribution is 7.20. The average Bonchev–Trinajstić information content (AvgIpc) is 3.01. The van der Waals surface area contributed by atoms with E-state index in [1.165, 1.54) is 11.3 Å². The molecule has 0 spiro atoms. The highest BCUT2D eigenvalue weighted by atomic mass is 32.1. The van der Waals surface area contributed by atoms with Gasteiger partial charge in [-0.1, -0.05) is 0 Å². The maximum absolute atomic E-state index is 7.47. The predicted octanol–water partition coefficient (Wildman–Crippen LogP) is 2.50. The number of thiophene rings is 1. The summed E-state index contributed by atoms with van der Waals surface area (Å²) in [6.45, 7) is 0.431. The first kappa shape index (κ1) is 12.7. The van der Waals surface area contributed by atoms with Gasteiger partial charge in [-0.05, 0) is 29.7 Å². The zero-order valence-electron chi connectivity index (χ0n) is 11.0. The largest absolute Gasteiger partial charge is 0.486 e. The van der Waals surface area contributed by atoms with Gasteiger partial charge in [-0.25, -0.2) is 4.98 Å². The van der Waals surface area contributed by atoms with Gasteiger partial charge in [0.1, 0.15) is 24.0 Å². The Kier molecular flexibility index (Phi) is 3.15. The van der Waals surface area contributed by atoms with Crippen LogP contribution in [-0.4, -0.2) is 15.4 Å². The van der Waals surface area contributed by atoms with Gasteiger partial charge in [-0.2, -0.15) is 0 Å². The lowest BCUT2D eigenvalue weighted by molar-refractivity contribution is 0.292. The number of nitrogens with one attached hydrogen (secondary N) is 1. The minimum absolute atomic E-state index is 0.0988. The van der Waals surface area contributed by atoms with Crippen molar-refractivity contribution >= 4 is 27.3 Å². The summed E-state index contributed by atoms with van der Waals surface area (Å²) in [5.74, 6) is 1.76.